The Kier molecular flexibility index (Phi) is 7.94. The van der Waals surface area contributed by atoms with Crippen LogP contribution in [0.15, 0.2) is 109 Å². The van der Waals surface area contributed by atoms with Gasteiger partial charge in [-0.25, -0.2) is 0 Å². The van der Waals surface area contributed by atoms with Gasteiger partial charge in [0.15, 0.2) is 11.7 Å². The first kappa shape index (κ1) is 28.2. The van der Waals surface area contributed by atoms with Crippen LogP contribution in [0.5, 0.6) is 5.75 Å². The Hall–Kier alpha value is -4.95. The molecule has 7 nitrogen and oxygen atoms in total. The summed E-state index contributed by atoms with van der Waals surface area (Å²) in [6, 6.07) is 33.1. The van der Waals surface area contributed by atoms with Crippen molar-refractivity contribution in [2.75, 3.05) is 16.8 Å². The number of pyridine rings is 1. The van der Waals surface area contributed by atoms with E-state index >= 15 is 0 Å². The molecule has 1 aliphatic rings. The summed E-state index contributed by atoms with van der Waals surface area (Å²) in [5.74, 6) is 0.422. The fourth-order valence-electron chi connectivity index (χ4n) is 5.90. The molecule has 3 aromatic carbocycles. The quantitative estimate of drug-likeness (QED) is 0.191. The van der Waals surface area contributed by atoms with Crippen LogP contribution in [0.4, 0.5) is 11.4 Å². The zero-order valence-corrected chi connectivity index (χ0v) is 25.1. The predicted octanol–water partition coefficient (Wildman–Crippen LogP) is 6.99. The summed E-state index contributed by atoms with van der Waals surface area (Å²) in [6.45, 7) is 6.45. The summed E-state index contributed by atoms with van der Waals surface area (Å²) >= 11 is 5.97. The highest BCUT2D eigenvalue weighted by atomic mass is 32.1. The van der Waals surface area contributed by atoms with Crippen molar-refractivity contribution in [1.29, 1.82) is 0 Å². The van der Waals surface area contributed by atoms with E-state index in [1.54, 1.807) is 0 Å². The number of nitrogens with one attached hydrogen (secondary N) is 2. The summed E-state index contributed by atoms with van der Waals surface area (Å²) < 4.78 is 7.90. The van der Waals surface area contributed by atoms with E-state index in [4.69, 9.17) is 21.9 Å². The molecule has 3 heterocycles. The average Bonchev–Trinajstić information content (AvgIpc) is 3.48. The summed E-state index contributed by atoms with van der Waals surface area (Å²) in [5, 5.41) is 7.11. The Morgan fingerprint density at radius 2 is 1.53 bits per heavy atom. The molecule has 1 saturated heterocycles. The van der Waals surface area contributed by atoms with Crippen LogP contribution in [-0.4, -0.2) is 27.2 Å². The van der Waals surface area contributed by atoms with E-state index in [9.17, 15) is 4.79 Å². The van der Waals surface area contributed by atoms with Crippen LogP contribution >= 0.6 is 12.2 Å². The van der Waals surface area contributed by atoms with Gasteiger partial charge in [-0.3, -0.25) is 9.78 Å². The molecule has 43 heavy (non-hydrogen) atoms. The highest BCUT2D eigenvalue weighted by Crippen LogP contribution is 2.45. The molecule has 2 atom stereocenters. The highest BCUT2D eigenvalue weighted by Gasteiger charge is 2.43. The molecule has 8 heteroatoms. The molecule has 0 aliphatic carbocycles. The number of aromatic nitrogens is 2. The Balaban J connectivity index is 1.33. The number of amides is 1. The number of para-hydroxylation sites is 2. The van der Waals surface area contributed by atoms with Crippen LogP contribution in [0.3, 0.4) is 0 Å². The van der Waals surface area contributed by atoms with Crippen molar-refractivity contribution in [3.8, 4) is 11.4 Å². The molecule has 2 aromatic heterocycles. The average molecular weight is 588 g/mol. The Bertz CT molecular complexity index is 1740. The van der Waals surface area contributed by atoms with Gasteiger partial charge in [-0.2, -0.15) is 0 Å². The van der Waals surface area contributed by atoms with Gasteiger partial charge in [0, 0.05) is 40.2 Å². The lowest BCUT2D eigenvalue weighted by molar-refractivity contribution is -0.118. The number of anilines is 2. The van der Waals surface area contributed by atoms with Crippen LogP contribution < -0.4 is 20.3 Å². The highest BCUT2D eigenvalue weighted by molar-refractivity contribution is 7.80. The molecule has 5 aromatic rings. The van der Waals surface area contributed by atoms with Crippen molar-refractivity contribution in [2.24, 2.45) is 0 Å². The largest absolute Gasteiger partial charge is 0.484 e. The lowest BCUT2D eigenvalue weighted by Gasteiger charge is -2.29. The molecule has 1 fully saturated rings. The number of hydrogen-bond donors (Lipinski definition) is 2. The molecular formula is C35H33N5O2S. The number of rotatable bonds is 8. The van der Waals surface area contributed by atoms with Crippen LogP contribution in [0, 0.1) is 20.8 Å². The summed E-state index contributed by atoms with van der Waals surface area (Å²) in [5.41, 5.74) is 8.41. The maximum absolute atomic E-state index is 12.6. The second-order valence-electron chi connectivity index (χ2n) is 10.6. The van der Waals surface area contributed by atoms with Crippen molar-refractivity contribution < 1.29 is 9.53 Å². The Labute approximate surface area is 257 Å². The molecule has 0 spiro atoms. The van der Waals surface area contributed by atoms with E-state index in [2.05, 4.69) is 65.1 Å². The minimum Gasteiger partial charge on any atom is -0.484 e. The standard InChI is InChI=1S/C35H33N5O2S/c1-23-24(2)39(27-12-6-4-7-13-27)25(3)32(23)34-33(30-16-10-11-21-36-30)38-35(43)40(34)28-19-17-26(18-20-28)37-31(41)22-42-29-14-8-5-9-15-29/h4-21,33-34H,22H2,1-3H3,(H,37,41)(H,38,43)/t33-,34+/m1/s1. The maximum atomic E-state index is 12.6. The molecule has 1 aliphatic heterocycles. The van der Waals surface area contributed by atoms with Crippen molar-refractivity contribution in [3.05, 3.63) is 138 Å². The number of hydrogen-bond acceptors (Lipinski definition) is 4. The second-order valence-corrected chi connectivity index (χ2v) is 11.0. The number of benzene rings is 3. The van der Waals surface area contributed by atoms with Gasteiger partial charge in [0.25, 0.3) is 5.91 Å². The summed E-state index contributed by atoms with van der Waals surface area (Å²) in [6.07, 6.45) is 1.82. The Morgan fingerprint density at radius 3 is 2.21 bits per heavy atom. The molecular weight excluding hydrogens is 554 g/mol. The predicted molar refractivity (Wildman–Crippen MR) is 175 cm³/mol. The first-order valence-electron chi connectivity index (χ1n) is 14.2. The van der Waals surface area contributed by atoms with Crippen LogP contribution in [0.25, 0.3) is 5.69 Å². The maximum Gasteiger partial charge on any atom is 0.262 e. The SMILES string of the molecule is Cc1c([C@H]2[C@@H](c3ccccn3)NC(=S)N2c2ccc(NC(=O)COc3ccccc3)cc2)c(C)n(-c2ccccc2)c1C. The smallest absolute Gasteiger partial charge is 0.262 e. The van der Waals surface area contributed by atoms with E-state index in [0.29, 0.717) is 16.5 Å². The van der Waals surface area contributed by atoms with Crippen molar-refractivity contribution >= 4 is 34.6 Å². The molecule has 2 N–H and O–H groups in total. The molecule has 0 saturated carbocycles. The zero-order valence-electron chi connectivity index (χ0n) is 24.3. The second kappa shape index (κ2) is 12.1. The van der Waals surface area contributed by atoms with Gasteiger partial charge in [-0.15, -0.1) is 0 Å². The third kappa shape index (κ3) is 5.61. The van der Waals surface area contributed by atoms with Gasteiger partial charge in [0.1, 0.15) is 5.75 Å². The van der Waals surface area contributed by atoms with E-state index in [1.807, 2.05) is 85.1 Å². The zero-order chi connectivity index (χ0) is 29.9. The molecule has 0 unspecified atom stereocenters. The number of thiocarbonyl (C=S) groups is 1. The van der Waals surface area contributed by atoms with Crippen molar-refractivity contribution in [2.45, 2.75) is 32.9 Å². The first-order valence-corrected chi connectivity index (χ1v) is 14.7. The van der Waals surface area contributed by atoms with E-state index < -0.39 is 0 Å². The lowest BCUT2D eigenvalue weighted by atomic mass is 9.93. The monoisotopic (exact) mass is 587 g/mol. The summed E-state index contributed by atoms with van der Waals surface area (Å²) in [7, 11) is 0. The number of nitrogens with zero attached hydrogens (tertiary/aromatic N) is 3. The van der Waals surface area contributed by atoms with E-state index in [0.717, 1.165) is 22.8 Å². The fraction of sp³-hybridized carbons (Fsp3) is 0.171. The normalized spacial score (nSPS) is 16.2. The van der Waals surface area contributed by atoms with Crippen LogP contribution in [0.2, 0.25) is 0 Å². The van der Waals surface area contributed by atoms with Gasteiger partial charge in [0.05, 0.1) is 17.8 Å². The van der Waals surface area contributed by atoms with Gasteiger partial charge >= 0.3 is 0 Å². The molecule has 0 bridgehead atoms. The van der Waals surface area contributed by atoms with Gasteiger partial charge < -0.3 is 24.8 Å². The third-order valence-corrected chi connectivity index (χ3v) is 8.27. The summed E-state index contributed by atoms with van der Waals surface area (Å²) in [4.78, 5) is 19.4. The number of ether oxygens (including phenoxy) is 1. The minimum absolute atomic E-state index is 0.0734. The third-order valence-electron chi connectivity index (χ3n) is 7.96. The van der Waals surface area contributed by atoms with Crippen LogP contribution in [0.1, 0.15) is 40.3 Å². The van der Waals surface area contributed by atoms with E-state index in [-0.39, 0.29) is 24.6 Å². The van der Waals surface area contributed by atoms with Crippen molar-refractivity contribution in [3.63, 3.8) is 0 Å². The topological polar surface area (TPSA) is 71.4 Å². The minimum atomic E-state index is -0.230. The number of carbonyl (C=O) groups excluding carboxylic acids is 1. The lowest BCUT2D eigenvalue weighted by Crippen LogP contribution is -2.30. The molecule has 216 valence electrons. The van der Waals surface area contributed by atoms with Crippen LogP contribution in [-0.2, 0) is 4.79 Å². The van der Waals surface area contributed by atoms with E-state index in [1.165, 1.54) is 16.8 Å². The van der Waals surface area contributed by atoms with Crippen molar-refractivity contribution in [1.82, 2.24) is 14.9 Å². The van der Waals surface area contributed by atoms with Gasteiger partial charge in [0.2, 0.25) is 0 Å². The first-order chi connectivity index (χ1) is 20.9. The van der Waals surface area contributed by atoms with Gasteiger partial charge in [-0.1, -0.05) is 42.5 Å². The fourth-order valence-corrected chi connectivity index (χ4v) is 6.25. The Morgan fingerprint density at radius 1 is 0.860 bits per heavy atom. The number of carbonyl (C=O) groups is 1. The molecule has 0 radical (unpaired) electrons. The molecule has 1 amide bonds. The van der Waals surface area contributed by atoms with Gasteiger partial charge in [-0.05, 0) is 99.2 Å². The molecule has 6 rings (SSSR count).